The predicted molar refractivity (Wildman–Crippen MR) is 94.4 cm³/mol. The van der Waals surface area contributed by atoms with Gasteiger partial charge in [-0.2, -0.15) is 0 Å². The molecule has 3 aromatic carbocycles. The fraction of sp³-hybridized carbons (Fsp3) is 0.105. The van der Waals surface area contributed by atoms with Gasteiger partial charge in [0.2, 0.25) is 0 Å². The van der Waals surface area contributed by atoms with Gasteiger partial charge in [-0.15, -0.1) is 0 Å². The molecule has 0 aromatic heterocycles. The van der Waals surface area contributed by atoms with Crippen LogP contribution < -0.4 is 4.90 Å². The second-order valence-electron chi connectivity index (χ2n) is 5.35. The molecule has 0 aliphatic carbocycles. The number of benzene rings is 3. The molecular weight excluding hydrogens is 304 g/mol. The molecule has 0 atom stereocenters. The number of amides is 1. The maximum absolute atomic E-state index is 12.9. The van der Waals surface area contributed by atoms with E-state index in [2.05, 4.69) is 0 Å². The molecule has 120 valence electrons. The number of carbonyl (C=O) groups is 1. The van der Waals surface area contributed by atoms with Crippen LogP contribution in [0.3, 0.4) is 0 Å². The fourth-order valence-electron chi connectivity index (χ4n) is 2.75. The Kier molecular flexibility index (Phi) is 4.24. The molecule has 0 unspecified atom stereocenters. The van der Waals surface area contributed by atoms with Crippen LogP contribution in [0.25, 0.3) is 10.8 Å². The van der Waals surface area contributed by atoms with Gasteiger partial charge >= 0.3 is 0 Å². The van der Waals surface area contributed by atoms with Crippen LogP contribution >= 0.6 is 0 Å². The molecule has 0 saturated carbocycles. The van der Waals surface area contributed by atoms with Crippen LogP contribution in [0.1, 0.15) is 17.3 Å². The van der Waals surface area contributed by atoms with Gasteiger partial charge in [-0.25, -0.2) is 0 Å². The van der Waals surface area contributed by atoms with Crippen molar-refractivity contribution in [3.8, 4) is 0 Å². The number of nitro groups is 1. The molecule has 0 N–H and O–H groups in total. The number of anilines is 1. The van der Waals surface area contributed by atoms with E-state index in [1.165, 1.54) is 24.3 Å². The van der Waals surface area contributed by atoms with E-state index in [-0.39, 0.29) is 11.6 Å². The first kappa shape index (κ1) is 15.7. The average Bonchev–Trinajstić information content (AvgIpc) is 2.62. The first-order chi connectivity index (χ1) is 11.6. The Labute approximate surface area is 139 Å². The van der Waals surface area contributed by atoms with Crippen molar-refractivity contribution in [1.82, 2.24) is 0 Å². The van der Waals surface area contributed by atoms with Gasteiger partial charge in [0.25, 0.3) is 11.6 Å². The van der Waals surface area contributed by atoms with E-state index in [9.17, 15) is 14.9 Å². The lowest BCUT2D eigenvalue weighted by molar-refractivity contribution is -0.384. The third-order valence-corrected chi connectivity index (χ3v) is 3.94. The maximum Gasteiger partial charge on any atom is 0.269 e. The molecule has 0 radical (unpaired) electrons. The zero-order valence-electron chi connectivity index (χ0n) is 13.2. The van der Waals surface area contributed by atoms with Crippen molar-refractivity contribution in [1.29, 1.82) is 0 Å². The number of nitro benzene ring substituents is 1. The van der Waals surface area contributed by atoms with Crippen molar-refractivity contribution >= 4 is 28.1 Å². The Morgan fingerprint density at radius 1 is 1.00 bits per heavy atom. The van der Waals surface area contributed by atoms with Crippen LogP contribution in [0.5, 0.6) is 0 Å². The van der Waals surface area contributed by atoms with Crippen LogP contribution in [-0.2, 0) is 0 Å². The van der Waals surface area contributed by atoms with Gasteiger partial charge in [-0.1, -0.05) is 36.4 Å². The van der Waals surface area contributed by atoms with Gasteiger partial charge < -0.3 is 4.90 Å². The highest BCUT2D eigenvalue weighted by atomic mass is 16.6. The quantitative estimate of drug-likeness (QED) is 0.528. The van der Waals surface area contributed by atoms with E-state index in [1.807, 2.05) is 49.4 Å². The first-order valence-corrected chi connectivity index (χ1v) is 7.66. The summed E-state index contributed by atoms with van der Waals surface area (Å²) in [6, 6.07) is 19.4. The third kappa shape index (κ3) is 2.84. The molecule has 5 heteroatoms. The van der Waals surface area contributed by atoms with Crippen LogP contribution in [-0.4, -0.2) is 17.4 Å². The van der Waals surface area contributed by atoms with E-state index in [1.54, 1.807) is 4.90 Å². The van der Waals surface area contributed by atoms with Crippen molar-refractivity contribution in [2.24, 2.45) is 0 Å². The van der Waals surface area contributed by atoms with Gasteiger partial charge in [0.15, 0.2) is 0 Å². The van der Waals surface area contributed by atoms with Gasteiger partial charge in [-0.05, 0) is 30.5 Å². The number of fused-ring (bicyclic) bond motifs is 1. The SMILES string of the molecule is CCN(C(=O)c1ccc([N+](=O)[O-])cc1)c1cccc2ccccc12. The molecule has 24 heavy (non-hydrogen) atoms. The summed E-state index contributed by atoms with van der Waals surface area (Å²) in [5.41, 5.74) is 1.23. The highest BCUT2D eigenvalue weighted by molar-refractivity contribution is 6.10. The Bertz CT molecular complexity index is 899. The van der Waals surface area contributed by atoms with Crippen LogP contribution in [0, 0.1) is 10.1 Å². The second-order valence-corrected chi connectivity index (χ2v) is 5.35. The molecule has 3 rings (SSSR count). The zero-order chi connectivity index (χ0) is 17.1. The van der Waals surface area contributed by atoms with Gasteiger partial charge in [-0.3, -0.25) is 14.9 Å². The molecule has 5 nitrogen and oxygen atoms in total. The molecule has 0 aliphatic rings. The minimum absolute atomic E-state index is 0.0280. The molecule has 0 saturated heterocycles. The molecule has 1 amide bonds. The number of hydrogen-bond acceptors (Lipinski definition) is 3. The van der Waals surface area contributed by atoms with Crippen LogP contribution in [0.2, 0.25) is 0 Å². The fourth-order valence-corrected chi connectivity index (χ4v) is 2.75. The Morgan fingerprint density at radius 3 is 2.33 bits per heavy atom. The summed E-state index contributed by atoms with van der Waals surface area (Å²) in [6.07, 6.45) is 0. The topological polar surface area (TPSA) is 63.5 Å². The van der Waals surface area contributed by atoms with Crippen molar-refractivity contribution in [2.45, 2.75) is 6.92 Å². The molecule has 3 aromatic rings. The Balaban J connectivity index is 2.01. The number of rotatable bonds is 4. The molecular formula is C19H16N2O3. The first-order valence-electron chi connectivity index (χ1n) is 7.66. The molecule has 0 spiro atoms. The van der Waals surface area contributed by atoms with Crippen molar-refractivity contribution in [3.63, 3.8) is 0 Å². The molecule has 0 fully saturated rings. The summed E-state index contributed by atoms with van der Waals surface area (Å²) in [5, 5.41) is 12.8. The van der Waals surface area contributed by atoms with Crippen molar-refractivity contribution < 1.29 is 9.72 Å². The summed E-state index contributed by atoms with van der Waals surface area (Å²) >= 11 is 0. The minimum atomic E-state index is -0.476. The Morgan fingerprint density at radius 2 is 1.67 bits per heavy atom. The van der Waals surface area contributed by atoms with Crippen molar-refractivity contribution in [2.75, 3.05) is 11.4 Å². The smallest absolute Gasteiger partial charge is 0.269 e. The maximum atomic E-state index is 12.9. The van der Waals surface area contributed by atoms with Crippen molar-refractivity contribution in [3.05, 3.63) is 82.4 Å². The van der Waals surface area contributed by atoms with E-state index < -0.39 is 4.92 Å². The lowest BCUT2D eigenvalue weighted by Gasteiger charge is -2.23. The monoisotopic (exact) mass is 320 g/mol. The largest absolute Gasteiger partial charge is 0.308 e. The van der Waals surface area contributed by atoms with Gasteiger partial charge in [0.1, 0.15) is 0 Å². The highest BCUT2D eigenvalue weighted by Crippen LogP contribution is 2.28. The molecule has 0 aliphatic heterocycles. The second kappa shape index (κ2) is 6.50. The number of nitrogens with zero attached hydrogens (tertiary/aromatic N) is 2. The summed E-state index contributed by atoms with van der Waals surface area (Å²) in [6.45, 7) is 2.41. The van der Waals surface area contributed by atoms with E-state index in [4.69, 9.17) is 0 Å². The number of non-ortho nitro benzene ring substituents is 1. The summed E-state index contributed by atoms with van der Waals surface area (Å²) in [7, 11) is 0. The Hall–Kier alpha value is -3.21. The van der Waals surface area contributed by atoms with Gasteiger partial charge in [0, 0.05) is 29.6 Å². The summed E-state index contributed by atoms with van der Waals surface area (Å²) < 4.78 is 0. The molecule has 0 bridgehead atoms. The van der Waals surface area contributed by atoms with Crippen LogP contribution in [0.15, 0.2) is 66.7 Å². The average molecular weight is 320 g/mol. The minimum Gasteiger partial charge on any atom is -0.308 e. The normalized spacial score (nSPS) is 10.5. The lowest BCUT2D eigenvalue weighted by Crippen LogP contribution is -2.30. The van der Waals surface area contributed by atoms with Gasteiger partial charge in [0.05, 0.1) is 10.6 Å². The zero-order valence-corrected chi connectivity index (χ0v) is 13.2. The summed E-state index contributed by atoms with van der Waals surface area (Å²) in [4.78, 5) is 24.8. The highest BCUT2D eigenvalue weighted by Gasteiger charge is 2.18. The number of carbonyl (C=O) groups excluding carboxylic acids is 1. The van der Waals surface area contributed by atoms with E-state index in [0.717, 1.165) is 16.5 Å². The third-order valence-electron chi connectivity index (χ3n) is 3.94. The standard InChI is InChI=1S/C19H16N2O3/c1-2-20(18-9-5-7-14-6-3-4-8-17(14)18)19(22)15-10-12-16(13-11-15)21(23)24/h3-13H,2H2,1H3. The van der Waals surface area contributed by atoms with E-state index >= 15 is 0 Å². The predicted octanol–water partition coefficient (Wildman–Crippen LogP) is 4.41. The van der Waals surface area contributed by atoms with E-state index in [0.29, 0.717) is 12.1 Å². The lowest BCUT2D eigenvalue weighted by atomic mass is 10.1. The summed E-state index contributed by atoms with van der Waals surface area (Å²) in [5.74, 6) is -0.177. The van der Waals surface area contributed by atoms with Crippen LogP contribution in [0.4, 0.5) is 11.4 Å². The molecule has 0 heterocycles. The number of hydrogen-bond donors (Lipinski definition) is 0.